The maximum Gasteiger partial charge on any atom is 0.271 e. The second kappa shape index (κ2) is 8.81. The van der Waals surface area contributed by atoms with Gasteiger partial charge in [0.15, 0.2) is 11.5 Å². The SMILES string of the molecule is O=C(c1cc(-c2ccc3c(c2)OCO3)n[nH]1)N1CCCC(COCc2ccccc2)C1. The van der Waals surface area contributed by atoms with Crippen molar-refractivity contribution in [3.63, 3.8) is 0 Å². The molecule has 0 radical (unpaired) electrons. The van der Waals surface area contributed by atoms with E-state index >= 15 is 0 Å². The van der Waals surface area contributed by atoms with Gasteiger partial charge in [-0.15, -0.1) is 0 Å². The number of carbonyl (C=O) groups excluding carboxylic acids is 1. The molecule has 1 atom stereocenters. The summed E-state index contributed by atoms with van der Waals surface area (Å²) in [5.74, 6) is 1.75. The van der Waals surface area contributed by atoms with Crippen LogP contribution in [0.3, 0.4) is 0 Å². The zero-order valence-electron chi connectivity index (χ0n) is 17.3. The Kier molecular flexibility index (Phi) is 5.58. The lowest BCUT2D eigenvalue weighted by atomic mass is 9.98. The highest BCUT2D eigenvalue weighted by Crippen LogP contribution is 2.35. The molecule has 160 valence electrons. The summed E-state index contributed by atoms with van der Waals surface area (Å²) in [5.41, 5.74) is 3.25. The predicted octanol–water partition coefficient (Wildman–Crippen LogP) is 3.87. The summed E-state index contributed by atoms with van der Waals surface area (Å²) < 4.78 is 16.7. The van der Waals surface area contributed by atoms with Gasteiger partial charge >= 0.3 is 0 Å². The first-order chi connectivity index (χ1) is 15.3. The van der Waals surface area contributed by atoms with Gasteiger partial charge < -0.3 is 19.1 Å². The van der Waals surface area contributed by atoms with Crippen LogP contribution in [-0.4, -0.2) is 47.5 Å². The number of benzene rings is 2. The highest BCUT2D eigenvalue weighted by Gasteiger charge is 2.26. The van der Waals surface area contributed by atoms with Crippen LogP contribution in [0.4, 0.5) is 0 Å². The molecule has 7 nitrogen and oxygen atoms in total. The summed E-state index contributed by atoms with van der Waals surface area (Å²) in [7, 11) is 0. The Balaban J connectivity index is 1.19. The quantitative estimate of drug-likeness (QED) is 0.656. The van der Waals surface area contributed by atoms with E-state index in [0.717, 1.165) is 30.7 Å². The van der Waals surface area contributed by atoms with Gasteiger partial charge in [0.1, 0.15) is 5.69 Å². The Hall–Kier alpha value is -3.32. The van der Waals surface area contributed by atoms with Crippen molar-refractivity contribution in [1.82, 2.24) is 15.1 Å². The standard InChI is InChI=1S/C24H25N3O4/c28-24(21-12-20(25-26-21)19-8-9-22-23(11-19)31-16-30-22)27-10-4-7-18(13-27)15-29-14-17-5-2-1-3-6-17/h1-3,5-6,8-9,11-12,18H,4,7,10,13-16H2,(H,25,26). The average molecular weight is 419 g/mol. The maximum absolute atomic E-state index is 13.0. The van der Waals surface area contributed by atoms with Crippen LogP contribution >= 0.6 is 0 Å². The number of amides is 1. The fourth-order valence-corrected chi connectivity index (χ4v) is 4.11. The van der Waals surface area contributed by atoms with Gasteiger partial charge in [-0.3, -0.25) is 9.89 Å². The van der Waals surface area contributed by atoms with Crippen LogP contribution < -0.4 is 9.47 Å². The highest BCUT2D eigenvalue weighted by atomic mass is 16.7. The van der Waals surface area contributed by atoms with Crippen molar-refractivity contribution in [3.8, 4) is 22.8 Å². The van der Waals surface area contributed by atoms with E-state index in [-0.39, 0.29) is 12.7 Å². The molecule has 1 unspecified atom stereocenters. The zero-order chi connectivity index (χ0) is 21.0. The van der Waals surface area contributed by atoms with E-state index in [0.29, 0.717) is 42.8 Å². The molecule has 7 heteroatoms. The van der Waals surface area contributed by atoms with Crippen molar-refractivity contribution in [2.75, 3.05) is 26.5 Å². The number of carbonyl (C=O) groups is 1. The third kappa shape index (κ3) is 4.41. The fraction of sp³-hybridized carbons (Fsp3) is 0.333. The molecule has 1 N–H and O–H groups in total. The number of hydrogen-bond donors (Lipinski definition) is 1. The van der Waals surface area contributed by atoms with Gasteiger partial charge in [0.2, 0.25) is 6.79 Å². The summed E-state index contributed by atoms with van der Waals surface area (Å²) in [6.07, 6.45) is 2.05. The van der Waals surface area contributed by atoms with Crippen LogP contribution in [0.5, 0.6) is 11.5 Å². The Morgan fingerprint density at radius 3 is 2.90 bits per heavy atom. The second-order valence-electron chi connectivity index (χ2n) is 8.00. The third-order valence-electron chi connectivity index (χ3n) is 5.75. The number of aromatic nitrogens is 2. The Labute approximate surface area is 180 Å². The topological polar surface area (TPSA) is 76.7 Å². The Morgan fingerprint density at radius 2 is 2.00 bits per heavy atom. The average Bonchev–Trinajstić information content (AvgIpc) is 3.49. The summed E-state index contributed by atoms with van der Waals surface area (Å²) in [6, 6.07) is 17.6. The van der Waals surface area contributed by atoms with E-state index in [1.54, 1.807) is 6.07 Å². The first-order valence-electron chi connectivity index (χ1n) is 10.6. The van der Waals surface area contributed by atoms with E-state index in [2.05, 4.69) is 22.3 Å². The van der Waals surface area contributed by atoms with Crippen LogP contribution in [0, 0.1) is 5.92 Å². The maximum atomic E-state index is 13.0. The largest absolute Gasteiger partial charge is 0.454 e. The minimum Gasteiger partial charge on any atom is -0.454 e. The molecule has 2 aliphatic rings. The first-order valence-corrected chi connectivity index (χ1v) is 10.6. The second-order valence-corrected chi connectivity index (χ2v) is 8.00. The summed E-state index contributed by atoms with van der Waals surface area (Å²) in [4.78, 5) is 14.9. The Bertz CT molecular complexity index is 1050. The van der Waals surface area contributed by atoms with E-state index in [1.807, 2.05) is 41.3 Å². The number of rotatable bonds is 6. The van der Waals surface area contributed by atoms with E-state index in [1.165, 1.54) is 5.56 Å². The molecule has 3 aromatic rings. The molecule has 1 aromatic heterocycles. The Morgan fingerprint density at radius 1 is 1.13 bits per heavy atom. The van der Waals surface area contributed by atoms with Gasteiger partial charge in [-0.05, 0) is 48.6 Å². The van der Waals surface area contributed by atoms with Gasteiger partial charge in [-0.25, -0.2) is 0 Å². The molecular formula is C24H25N3O4. The van der Waals surface area contributed by atoms with Crippen molar-refractivity contribution in [1.29, 1.82) is 0 Å². The van der Waals surface area contributed by atoms with Crippen molar-refractivity contribution >= 4 is 5.91 Å². The van der Waals surface area contributed by atoms with Crippen LogP contribution in [0.2, 0.25) is 0 Å². The van der Waals surface area contributed by atoms with Gasteiger partial charge in [0.05, 0.1) is 18.9 Å². The zero-order valence-corrected chi connectivity index (χ0v) is 17.3. The number of likely N-dealkylation sites (tertiary alicyclic amines) is 1. The van der Waals surface area contributed by atoms with E-state index in [9.17, 15) is 4.79 Å². The van der Waals surface area contributed by atoms with Crippen molar-refractivity contribution in [3.05, 3.63) is 65.9 Å². The molecule has 5 rings (SSSR count). The van der Waals surface area contributed by atoms with Gasteiger partial charge in [-0.1, -0.05) is 30.3 Å². The molecule has 31 heavy (non-hydrogen) atoms. The van der Waals surface area contributed by atoms with Crippen LogP contribution in [0.15, 0.2) is 54.6 Å². The smallest absolute Gasteiger partial charge is 0.271 e. The van der Waals surface area contributed by atoms with Crippen LogP contribution in [-0.2, 0) is 11.3 Å². The number of nitrogens with one attached hydrogen (secondary N) is 1. The number of piperidine rings is 1. The fourth-order valence-electron chi connectivity index (χ4n) is 4.11. The van der Waals surface area contributed by atoms with Gasteiger partial charge in [-0.2, -0.15) is 5.10 Å². The number of nitrogens with zero attached hydrogens (tertiary/aromatic N) is 2. The lowest BCUT2D eigenvalue weighted by Crippen LogP contribution is -2.41. The highest BCUT2D eigenvalue weighted by molar-refractivity contribution is 5.93. The summed E-state index contributed by atoms with van der Waals surface area (Å²) in [6.45, 7) is 2.95. The normalized spacial score (nSPS) is 17.7. The van der Waals surface area contributed by atoms with Crippen molar-refractivity contribution < 1.29 is 19.0 Å². The number of hydrogen-bond acceptors (Lipinski definition) is 5. The number of aromatic amines is 1. The van der Waals surface area contributed by atoms with E-state index in [4.69, 9.17) is 14.2 Å². The molecule has 0 saturated carbocycles. The molecule has 2 aliphatic heterocycles. The number of H-pyrrole nitrogens is 1. The van der Waals surface area contributed by atoms with Crippen molar-refractivity contribution in [2.24, 2.45) is 5.92 Å². The summed E-state index contributed by atoms with van der Waals surface area (Å²) in [5, 5.41) is 7.24. The number of fused-ring (bicyclic) bond motifs is 1. The summed E-state index contributed by atoms with van der Waals surface area (Å²) >= 11 is 0. The van der Waals surface area contributed by atoms with Crippen LogP contribution in [0.25, 0.3) is 11.3 Å². The minimum atomic E-state index is -0.0211. The van der Waals surface area contributed by atoms with Gasteiger partial charge in [0, 0.05) is 18.7 Å². The molecule has 1 saturated heterocycles. The molecule has 0 spiro atoms. The predicted molar refractivity (Wildman–Crippen MR) is 115 cm³/mol. The number of ether oxygens (including phenoxy) is 3. The lowest BCUT2D eigenvalue weighted by Gasteiger charge is -2.32. The minimum absolute atomic E-state index is 0.0211. The lowest BCUT2D eigenvalue weighted by molar-refractivity contribution is 0.0422. The molecule has 1 amide bonds. The first kappa shape index (κ1) is 19.6. The van der Waals surface area contributed by atoms with Crippen LogP contribution in [0.1, 0.15) is 28.9 Å². The monoisotopic (exact) mass is 419 g/mol. The molecule has 3 heterocycles. The molecule has 0 bridgehead atoms. The third-order valence-corrected chi connectivity index (χ3v) is 5.75. The molecule has 1 fully saturated rings. The van der Waals surface area contributed by atoms with Gasteiger partial charge in [0.25, 0.3) is 5.91 Å². The molecular weight excluding hydrogens is 394 g/mol. The van der Waals surface area contributed by atoms with E-state index < -0.39 is 0 Å². The molecule has 2 aromatic carbocycles. The van der Waals surface area contributed by atoms with Crippen molar-refractivity contribution in [2.45, 2.75) is 19.4 Å². The molecule has 0 aliphatic carbocycles.